The van der Waals surface area contributed by atoms with Gasteiger partial charge in [0.1, 0.15) is 0 Å². The summed E-state index contributed by atoms with van der Waals surface area (Å²) in [6.45, 7) is 0. The van der Waals surface area contributed by atoms with Gasteiger partial charge in [-0.05, 0) is 22.8 Å². The van der Waals surface area contributed by atoms with Gasteiger partial charge in [0.25, 0.3) is 0 Å². The Bertz CT molecular complexity index is 695. The average Bonchev–Trinajstić information content (AvgIpc) is 2.55. The highest BCUT2D eigenvalue weighted by Gasteiger charge is 2.50. The van der Waals surface area contributed by atoms with Gasteiger partial charge in [-0.1, -0.05) is 96.0 Å². The summed E-state index contributed by atoms with van der Waals surface area (Å²) in [4.78, 5) is 0. The summed E-state index contributed by atoms with van der Waals surface area (Å²) < 4.78 is -1.21. The van der Waals surface area contributed by atoms with Crippen molar-refractivity contribution >= 4 is 23.2 Å². The standard InChI is InChI=1S/C19H18Cl2N2/c20-19(21)13-14(17(22)23)11-12-18(19,15-7-3-1-4-8-15)16-9-5-2-6-10-16/h1-13,17H,22-23H2. The summed E-state index contributed by atoms with van der Waals surface area (Å²) >= 11 is 13.7. The van der Waals surface area contributed by atoms with Gasteiger partial charge >= 0.3 is 0 Å². The highest BCUT2D eigenvalue weighted by molar-refractivity contribution is 6.51. The quantitative estimate of drug-likeness (QED) is 0.655. The molecule has 0 fully saturated rings. The molecule has 0 radical (unpaired) electrons. The van der Waals surface area contributed by atoms with Gasteiger partial charge < -0.3 is 11.5 Å². The Labute approximate surface area is 146 Å². The first-order valence-corrected chi connectivity index (χ1v) is 8.15. The van der Waals surface area contributed by atoms with Crippen LogP contribution in [-0.4, -0.2) is 10.5 Å². The van der Waals surface area contributed by atoms with E-state index >= 15 is 0 Å². The number of benzene rings is 2. The average molecular weight is 345 g/mol. The van der Waals surface area contributed by atoms with E-state index in [1.54, 1.807) is 6.08 Å². The van der Waals surface area contributed by atoms with Crippen molar-refractivity contribution in [2.75, 3.05) is 0 Å². The Morgan fingerprint density at radius 2 is 1.26 bits per heavy atom. The molecule has 2 aromatic rings. The minimum Gasteiger partial charge on any atom is -0.312 e. The molecule has 1 aliphatic rings. The fourth-order valence-electron chi connectivity index (χ4n) is 3.06. The maximum absolute atomic E-state index is 6.83. The Kier molecular flexibility index (Phi) is 4.35. The summed E-state index contributed by atoms with van der Waals surface area (Å²) in [6.07, 6.45) is 5.04. The van der Waals surface area contributed by atoms with Gasteiger partial charge in [0.05, 0.1) is 11.6 Å². The zero-order chi connectivity index (χ0) is 16.5. The molecule has 2 aromatic carbocycles. The van der Waals surface area contributed by atoms with Crippen molar-refractivity contribution in [3.63, 3.8) is 0 Å². The monoisotopic (exact) mass is 344 g/mol. The maximum Gasteiger partial charge on any atom is 0.154 e. The van der Waals surface area contributed by atoms with Crippen LogP contribution in [0.5, 0.6) is 0 Å². The summed E-state index contributed by atoms with van der Waals surface area (Å²) in [5.74, 6) is 0. The molecule has 4 heteroatoms. The van der Waals surface area contributed by atoms with Crippen LogP contribution in [0.1, 0.15) is 11.1 Å². The van der Waals surface area contributed by atoms with Gasteiger partial charge in [0.15, 0.2) is 4.33 Å². The predicted molar refractivity (Wildman–Crippen MR) is 97.5 cm³/mol. The van der Waals surface area contributed by atoms with Gasteiger partial charge in [0.2, 0.25) is 0 Å². The van der Waals surface area contributed by atoms with Crippen molar-refractivity contribution in [2.45, 2.75) is 15.9 Å². The molecule has 23 heavy (non-hydrogen) atoms. The molecule has 1 aliphatic carbocycles. The highest BCUT2D eigenvalue weighted by atomic mass is 35.5. The van der Waals surface area contributed by atoms with Crippen LogP contribution in [0.2, 0.25) is 0 Å². The molecular formula is C19H18Cl2N2. The molecular weight excluding hydrogens is 327 g/mol. The summed E-state index contributed by atoms with van der Waals surface area (Å²) in [5, 5.41) is 0. The Morgan fingerprint density at radius 3 is 1.65 bits per heavy atom. The molecule has 4 N–H and O–H groups in total. The van der Waals surface area contributed by atoms with Crippen LogP contribution in [0.3, 0.4) is 0 Å². The molecule has 0 saturated heterocycles. The number of allylic oxidation sites excluding steroid dienone is 2. The van der Waals surface area contributed by atoms with Crippen molar-refractivity contribution in [1.29, 1.82) is 0 Å². The Hall–Kier alpha value is -1.58. The normalized spacial score (nSPS) is 18.7. The SMILES string of the molecule is NC(N)C1=CC(Cl)(Cl)C(c2ccccc2)(c2ccccc2)C=C1. The smallest absolute Gasteiger partial charge is 0.154 e. The summed E-state index contributed by atoms with van der Waals surface area (Å²) in [7, 11) is 0. The molecule has 0 bridgehead atoms. The largest absolute Gasteiger partial charge is 0.312 e. The summed E-state index contributed by atoms with van der Waals surface area (Å²) in [6, 6.07) is 20.0. The number of nitrogens with two attached hydrogens (primary N) is 2. The lowest BCUT2D eigenvalue weighted by atomic mass is 9.68. The van der Waals surface area contributed by atoms with Crippen molar-refractivity contribution in [3.8, 4) is 0 Å². The van der Waals surface area contributed by atoms with E-state index in [-0.39, 0.29) is 0 Å². The summed E-state index contributed by atoms with van der Waals surface area (Å²) in [5.41, 5.74) is 13.6. The van der Waals surface area contributed by atoms with E-state index in [0.717, 1.165) is 16.7 Å². The van der Waals surface area contributed by atoms with Gasteiger partial charge in [-0.15, -0.1) is 0 Å². The number of rotatable bonds is 3. The topological polar surface area (TPSA) is 52.0 Å². The van der Waals surface area contributed by atoms with Crippen LogP contribution in [0.25, 0.3) is 0 Å². The first kappa shape index (κ1) is 16.3. The van der Waals surface area contributed by atoms with Gasteiger partial charge in [0, 0.05) is 0 Å². The number of halogens is 2. The zero-order valence-corrected chi connectivity index (χ0v) is 14.0. The van der Waals surface area contributed by atoms with E-state index < -0.39 is 15.9 Å². The van der Waals surface area contributed by atoms with Crippen LogP contribution < -0.4 is 11.5 Å². The minimum absolute atomic E-state index is 0.618. The third-order valence-electron chi connectivity index (χ3n) is 4.24. The van der Waals surface area contributed by atoms with Gasteiger partial charge in [-0.25, -0.2) is 0 Å². The van der Waals surface area contributed by atoms with Crippen molar-refractivity contribution in [2.24, 2.45) is 11.5 Å². The van der Waals surface area contributed by atoms with E-state index in [4.69, 9.17) is 34.7 Å². The van der Waals surface area contributed by atoms with Crippen LogP contribution in [0.4, 0.5) is 0 Å². The lowest BCUT2D eigenvalue weighted by Gasteiger charge is -2.43. The molecule has 0 aromatic heterocycles. The Morgan fingerprint density at radius 1 is 0.783 bits per heavy atom. The van der Waals surface area contributed by atoms with Crippen LogP contribution in [0, 0.1) is 0 Å². The molecule has 0 aliphatic heterocycles. The minimum atomic E-state index is -1.21. The molecule has 0 spiro atoms. The molecule has 0 unspecified atom stereocenters. The second-order valence-corrected chi connectivity index (χ2v) is 7.05. The first-order chi connectivity index (χ1) is 11.0. The molecule has 0 amide bonds. The molecule has 0 heterocycles. The van der Waals surface area contributed by atoms with E-state index in [9.17, 15) is 0 Å². The van der Waals surface area contributed by atoms with Gasteiger partial charge in [-0.3, -0.25) is 0 Å². The first-order valence-electron chi connectivity index (χ1n) is 7.39. The van der Waals surface area contributed by atoms with Crippen LogP contribution >= 0.6 is 23.2 Å². The lowest BCUT2D eigenvalue weighted by Crippen LogP contribution is -2.45. The second-order valence-electron chi connectivity index (χ2n) is 5.67. The lowest BCUT2D eigenvalue weighted by molar-refractivity contribution is 0.602. The van der Waals surface area contributed by atoms with Crippen LogP contribution in [-0.2, 0) is 5.41 Å². The maximum atomic E-state index is 6.83. The predicted octanol–water partition coefficient (Wildman–Crippen LogP) is 3.89. The van der Waals surface area contributed by atoms with E-state index in [1.807, 2.05) is 72.8 Å². The fraction of sp³-hybridized carbons (Fsp3) is 0.158. The highest BCUT2D eigenvalue weighted by Crippen LogP contribution is 2.52. The van der Waals surface area contributed by atoms with Crippen molar-refractivity contribution < 1.29 is 0 Å². The number of alkyl halides is 2. The third-order valence-corrected chi connectivity index (χ3v) is 5.06. The van der Waals surface area contributed by atoms with E-state index in [0.29, 0.717) is 0 Å². The molecule has 118 valence electrons. The third kappa shape index (κ3) is 2.73. The van der Waals surface area contributed by atoms with Crippen molar-refractivity contribution in [1.82, 2.24) is 0 Å². The number of hydrogen-bond acceptors (Lipinski definition) is 2. The molecule has 2 nitrogen and oxygen atoms in total. The Balaban J connectivity index is 2.26. The van der Waals surface area contributed by atoms with Gasteiger partial charge in [-0.2, -0.15) is 0 Å². The molecule has 0 saturated carbocycles. The fourth-order valence-corrected chi connectivity index (χ4v) is 3.87. The molecule has 3 rings (SSSR count). The van der Waals surface area contributed by atoms with E-state index in [1.165, 1.54) is 0 Å². The van der Waals surface area contributed by atoms with E-state index in [2.05, 4.69) is 0 Å². The molecule has 0 atom stereocenters. The zero-order valence-electron chi connectivity index (χ0n) is 12.5. The second kappa shape index (κ2) is 6.14. The van der Waals surface area contributed by atoms with Crippen molar-refractivity contribution in [3.05, 3.63) is 95.6 Å². The number of hydrogen-bond donors (Lipinski definition) is 2. The van der Waals surface area contributed by atoms with Crippen LogP contribution in [0.15, 0.2) is 84.5 Å².